The molecule has 0 spiro atoms. The SMILES string of the molecule is CCCn1cncc1C(CN)N1CCCC1C1CCCC1. The molecule has 1 saturated heterocycles. The van der Waals surface area contributed by atoms with Crippen LogP contribution in [0.25, 0.3) is 0 Å². The zero-order valence-electron chi connectivity index (χ0n) is 13.4. The van der Waals surface area contributed by atoms with Gasteiger partial charge in [-0.1, -0.05) is 19.8 Å². The highest BCUT2D eigenvalue weighted by Gasteiger charge is 2.37. The molecule has 0 bridgehead atoms. The molecule has 21 heavy (non-hydrogen) atoms. The Labute approximate surface area is 128 Å². The molecule has 4 heteroatoms. The molecule has 4 nitrogen and oxygen atoms in total. The molecule has 0 aromatic carbocycles. The average molecular weight is 290 g/mol. The van der Waals surface area contributed by atoms with Crippen LogP contribution in [0, 0.1) is 5.92 Å². The minimum absolute atomic E-state index is 0.354. The summed E-state index contributed by atoms with van der Waals surface area (Å²) in [6.07, 6.45) is 13.6. The number of aromatic nitrogens is 2. The first-order valence-electron chi connectivity index (χ1n) is 8.81. The van der Waals surface area contributed by atoms with Gasteiger partial charge < -0.3 is 10.3 Å². The van der Waals surface area contributed by atoms with Crippen LogP contribution in [0.5, 0.6) is 0 Å². The Bertz CT molecular complexity index is 436. The van der Waals surface area contributed by atoms with Gasteiger partial charge in [0.25, 0.3) is 0 Å². The standard InChI is InChI=1S/C17H30N4/c1-2-9-20-13-19-12-17(20)16(11-18)21-10-5-8-15(21)14-6-3-4-7-14/h12-16H,2-11,18H2,1H3. The van der Waals surface area contributed by atoms with E-state index < -0.39 is 0 Å². The fourth-order valence-electron chi connectivity index (χ4n) is 4.51. The van der Waals surface area contributed by atoms with Crippen molar-refractivity contribution in [2.75, 3.05) is 13.1 Å². The summed E-state index contributed by atoms with van der Waals surface area (Å²) in [4.78, 5) is 7.09. The summed E-state index contributed by atoms with van der Waals surface area (Å²) in [7, 11) is 0. The number of imidazole rings is 1. The normalized spacial score (nSPS) is 25.7. The predicted molar refractivity (Wildman–Crippen MR) is 86.0 cm³/mol. The fourth-order valence-corrected chi connectivity index (χ4v) is 4.51. The highest BCUT2D eigenvalue weighted by Crippen LogP contribution is 2.39. The lowest BCUT2D eigenvalue weighted by molar-refractivity contribution is 0.133. The van der Waals surface area contributed by atoms with E-state index >= 15 is 0 Å². The molecular formula is C17H30N4. The molecule has 2 fully saturated rings. The van der Waals surface area contributed by atoms with Crippen molar-refractivity contribution in [3.63, 3.8) is 0 Å². The van der Waals surface area contributed by atoms with Gasteiger partial charge in [-0.3, -0.25) is 4.90 Å². The van der Waals surface area contributed by atoms with Crippen LogP contribution in [0.15, 0.2) is 12.5 Å². The smallest absolute Gasteiger partial charge is 0.0948 e. The van der Waals surface area contributed by atoms with Crippen LogP contribution >= 0.6 is 0 Å². The van der Waals surface area contributed by atoms with Gasteiger partial charge >= 0.3 is 0 Å². The fraction of sp³-hybridized carbons (Fsp3) is 0.824. The molecule has 2 aliphatic rings. The molecule has 0 radical (unpaired) electrons. The summed E-state index contributed by atoms with van der Waals surface area (Å²) in [5.74, 6) is 0.907. The predicted octanol–water partition coefficient (Wildman–Crippen LogP) is 2.95. The number of aryl methyl sites for hydroxylation is 1. The lowest BCUT2D eigenvalue weighted by Gasteiger charge is -2.36. The Morgan fingerprint density at radius 2 is 2.10 bits per heavy atom. The lowest BCUT2D eigenvalue weighted by atomic mass is 9.94. The number of rotatable bonds is 6. The topological polar surface area (TPSA) is 47.1 Å². The number of nitrogens with two attached hydrogens (primary N) is 1. The second-order valence-electron chi connectivity index (χ2n) is 6.76. The minimum atomic E-state index is 0.354. The zero-order valence-corrected chi connectivity index (χ0v) is 13.4. The number of likely N-dealkylation sites (tertiary alicyclic amines) is 1. The molecule has 3 rings (SSSR count). The molecule has 1 aliphatic carbocycles. The van der Waals surface area contributed by atoms with Gasteiger partial charge in [0, 0.05) is 25.3 Å². The van der Waals surface area contributed by atoms with Crippen molar-refractivity contribution in [1.82, 2.24) is 14.5 Å². The maximum absolute atomic E-state index is 6.19. The van der Waals surface area contributed by atoms with Crippen molar-refractivity contribution in [1.29, 1.82) is 0 Å². The Kier molecular flexibility index (Phi) is 4.96. The third-order valence-corrected chi connectivity index (χ3v) is 5.46. The van der Waals surface area contributed by atoms with Crippen LogP contribution in [0.4, 0.5) is 0 Å². The molecule has 0 amide bonds. The molecule has 1 aromatic rings. The van der Waals surface area contributed by atoms with Gasteiger partial charge in [-0.25, -0.2) is 4.98 Å². The summed E-state index contributed by atoms with van der Waals surface area (Å²) in [5.41, 5.74) is 7.51. The van der Waals surface area contributed by atoms with E-state index in [4.69, 9.17) is 5.73 Å². The van der Waals surface area contributed by atoms with E-state index in [2.05, 4.69) is 21.4 Å². The first-order valence-corrected chi connectivity index (χ1v) is 8.81. The molecule has 2 atom stereocenters. The van der Waals surface area contributed by atoms with Gasteiger partial charge in [-0.05, 0) is 44.6 Å². The molecule has 1 aromatic heterocycles. The van der Waals surface area contributed by atoms with Crippen molar-refractivity contribution in [2.24, 2.45) is 11.7 Å². The van der Waals surface area contributed by atoms with Gasteiger partial charge in [0.2, 0.25) is 0 Å². The maximum Gasteiger partial charge on any atom is 0.0948 e. The van der Waals surface area contributed by atoms with Crippen LogP contribution in [0.2, 0.25) is 0 Å². The second kappa shape index (κ2) is 6.93. The molecule has 1 aliphatic heterocycles. The van der Waals surface area contributed by atoms with Crippen molar-refractivity contribution in [3.8, 4) is 0 Å². The average Bonchev–Trinajstić information content (AvgIpc) is 3.20. The van der Waals surface area contributed by atoms with Gasteiger partial charge in [-0.15, -0.1) is 0 Å². The third kappa shape index (κ3) is 3.02. The van der Waals surface area contributed by atoms with Crippen molar-refractivity contribution in [3.05, 3.63) is 18.2 Å². The molecular weight excluding hydrogens is 260 g/mol. The molecule has 118 valence electrons. The summed E-state index contributed by atoms with van der Waals surface area (Å²) in [5, 5.41) is 0. The molecule has 2 N–H and O–H groups in total. The summed E-state index contributed by atoms with van der Waals surface area (Å²) < 4.78 is 2.31. The number of hydrogen-bond donors (Lipinski definition) is 1. The second-order valence-corrected chi connectivity index (χ2v) is 6.76. The number of hydrogen-bond acceptors (Lipinski definition) is 3. The highest BCUT2D eigenvalue weighted by molar-refractivity contribution is 5.09. The van der Waals surface area contributed by atoms with Crippen molar-refractivity contribution >= 4 is 0 Å². The van der Waals surface area contributed by atoms with Gasteiger partial charge in [0.1, 0.15) is 0 Å². The number of nitrogens with zero attached hydrogens (tertiary/aromatic N) is 3. The molecule has 2 unspecified atom stereocenters. The van der Waals surface area contributed by atoms with Crippen LogP contribution in [-0.2, 0) is 6.54 Å². The van der Waals surface area contributed by atoms with E-state index in [1.165, 1.54) is 50.8 Å². The van der Waals surface area contributed by atoms with Crippen LogP contribution < -0.4 is 5.73 Å². The van der Waals surface area contributed by atoms with Crippen LogP contribution in [0.3, 0.4) is 0 Å². The van der Waals surface area contributed by atoms with Crippen molar-refractivity contribution < 1.29 is 0 Å². The zero-order chi connectivity index (χ0) is 14.7. The molecule has 2 heterocycles. The van der Waals surface area contributed by atoms with E-state index in [1.807, 2.05) is 12.5 Å². The summed E-state index contributed by atoms with van der Waals surface area (Å²) >= 11 is 0. The van der Waals surface area contributed by atoms with Crippen molar-refractivity contribution in [2.45, 2.75) is 70.5 Å². The van der Waals surface area contributed by atoms with E-state index in [1.54, 1.807) is 0 Å². The maximum atomic E-state index is 6.19. The summed E-state index contributed by atoms with van der Waals surface area (Å²) in [6, 6.07) is 1.11. The highest BCUT2D eigenvalue weighted by atomic mass is 15.2. The van der Waals surface area contributed by atoms with Crippen LogP contribution in [-0.4, -0.2) is 33.6 Å². The first-order chi connectivity index (χ1) is 10.3. The first kappa shape index (κ1) is 15.0. The monoisotopic (exact) mass is 290 g/mol. The Morgan fingerprint density at radius 3 is 2.81 bits per heavy atom. The Hall–Kier alpha value is -0.870. The largest absolute Gasteiger partial charge is 0.333 e. The van der Waals surface area contributed by atoms with E-state index in [9.17, 15) is 0 Å². The van der Waals surface area contributed by atoms with Gasteiger partial charge in [-0.2, -0.15) is 0 Å². The Morgan fingerprint density at radius 1 is 1.29 bits per heavy atom. The minimum Gasteiger partial charge on any atom is -0.333 e. The van der Waals surface area contributed by atoms with Gasteiger partial charge in [0.05, 0.1) is 18.1 Å². The summed E-state index contributed by atoms with van der Waals surface area (Å²) in [6.45, 7) is 5.19. The third-order valence-electron chi connectivity index (χ3n) is 5.46. The molecule has 1 saturated carbocycles. The lowest BCUT2D eigenvalue weighted by Crippen LogP contribution is -2.41. The van der Waals surface area contributed by atoms with E-state index in [-0.39, 0.29) is 0 Å². The van der Waals surface area contributed by atoms with Crippen LogP contribution in [0.1, 0.15) is 63.6 Å². The van der Waals surface area contributed by atoms with E-state index in [0.717, 1.165) is 24.9 Å². The Balaban J connectivity index is 1.79. The quantitative estimate of drug-likeness (QED) is 0.876. The van der Waals surface area contributed by atoms with Gasteiger partial charge in [0.15, 0.2) is 0 Å². The van der Waals surface area contributed by atoms with E-state index in [0.29, 0.717) is 12.6 Å².